The van der Waals surface area contributed by atoms with E-state index in [0.29, 0.717) is 18.0 Å². The maximum absolute atomic E-state index is 12.7. The minimum absolute atomic E-state index is 0.259. The molecular weight excluding hydrogens is 360 g/mol. The number of imidazole rings is 1. The Morgan fingerprint density at radius 1 is 1.14 bits per heavy atom. The van der Waals surface area contributed by atoms with Crippen LogP contribution in [0, 0.1) is 10.1 Å². The van der Waals surface area contributed by atoms with Crippen LogP contribution in [0.2, 0.25) is 0 Å². The van der Waals surface area contributed by atoms with E-state index in [4.69, 9.17) is 0 Å². The summed E-state index contributed by atoms with van der Waals surface area (Å²) in [4.78, 5) is 27.7. The molecule has 0 spiro atoms. The van der Waals surface area contributed by atoms with Gasteiger partial charge in [0.2, 0.25) is 11.6 Å². The first kappa shape index (κ1) is 17.4. The van der Waals surface area contributed by atoms with Gasteiger partial charge in [-0.1, -0.05) is 42.5 Å². The number of aryl methyl sites for hydroxylation is 1. The number of hydrogen-bond donors (Lipinski definition) is 1. The fraction of sp³-hybridized carbons (Fsp3) is 0.105. The largest absolute Gasteiger partial charge is 0.320 e. The topological polar surface area (TPSA) is 108 Å². The highest BCUT2D eigenvalue weighted by Gasteiger charge is 2.26. The van der Waals surface area contributed by atoms with Gasteiger partial charge in [-0.15, -0.1) is 0 Å². The monoisotopic (exact) mass is 376 g/mol. The third-order valence-corrected chi connectivity index (χ3v) is 4.28. The van der Waals surface area contributed by atoms with E-state index in [2.05, 4.69) is 15.4 Å². The van der Waals surface area contributed by atoms with Crippen molar-refractivity contribution in [3.63, 3.8) is 0 Å². The molecule has 9 heteroatoms. The van der Waals surface area contributed by atoms with E-state index in [0.717, 1.165) is 11.1 Å². The molecule has 0 fully saturated rings. The molecular formula is C19H16N6O3. The summed E-state index contributed by atoms with van der Waals surface area (Å²) in [5.41, 5.74) is 1.97. The number of aromatic nitrogens is 4. The van der Waals surface area contributed by atoms with Crippen LogP contribution in [-0.4, -0.2) is 30.2 Å². The Balaban J connectivity index is 1.73. The van der Waals surface area contributed by atoms with Gasteiger partial charge in [-0.25, -0.2) is 4.98 Å². The van der Waals surface area contributed by atoms with Gasteiger partial charge >= 0.3 is 5.69 Å². The maximum Gasteiger partial charge on any atom is 0.320 e. The molecule has 0 aliphatic rings. The first-order valence-electron chi connectivity index (χ1n) is 8.51. The summed E-state index contributed by atoms with van der Waals surface area (Å²) in [5.74, 6) is -0.382. The number of amides is 1. The minimum Gasteiger partial charge on any atom is -0.305 e. The zero-order chi connectivity index (χ0) is 19.7. The number of nitro groups is 1. The van der Waals surface area contributed by atoms with Gasteiger partial charge < -0.3 is 4.57 Å². The predicted octanol–water partition coefficient (Wildman–Crippen LogP) is 2.98. The molecule has 9 nitrogen and oxygen atoms in total. The first-order chi connectivity index (χ1) is 13.5. The number of hydrogen-bond acceptors (Lipinski definition) is 5. The molecule has 140 valence electrons. The van der Waals surface area contributed by atoms with Crippen LogP contribution in [-0.2, 0) is 13.6 Å². The molecule has 1 N–H and O–H groups in total. The predicted molar refractivity (Wildman–Crippen MR) is 103 cm³/mol. The van der Waals surface area contributed by atoms with E-state index in [-0.39, 0.29) is 11.4 Å². The van der Waals surface area contributed by atoms with Crippen molar-refractivity contribution in [3.05, 3.63) is 82.2 Å². The lowest BCUT2D eigenvalue weighted by Gasteiger charge is -2.09. The van der Waals surface area contributed by atoms with Crippen molar-refractivity contribution in [1.29, 1.82) is 0 Å². The van der Waals surface area contributed by atoms with E-state index < -0.39 is 10.8 Å². The number of fused-ring (bicyclic) bond motifs is 1. The summed E-state index contributed by atoms with van der Waals surface area (Å²) in [6.45, 7) is 0.487. The SMILES string of the molecule is Cn1cc([N+](=O)[O-])c(C(=O)Nc2nc3ccccc3n2Cc2ccccc2)n1. The normalized spacial score (nSPS) is 10.9. The summed E-state index contributed by atoms with van der Waals surface area (Å²) < 4.78 is 3.09. The van der Waals surface area contributed by atoms with Gasteiger partial charge in [-0.2, -0.15) is 5.10 Å². The number of anilines is 1. The fourth-order valence-electron chi connectivity index (χ4n) is 3.03. The van der Waals surface area contributed by atoms with Crippen molar-refractivity contribution in [1.82, 2.24) is 19.3 Å². The van der Waals surface area contributed by atoms with Gasteiger partial charge in [0.1, 0.15) is 6.20 Å². The van der Waals surface area contributed by atoms with Crippen LogP contribution >= 0.6 is 0 Å². The molecule has 0 atom stereocenters. The van der Waals surface area contributed by atoms with Crippen LogP contribution in [0.15, 0.2) is 60.8 Å². The van der Waals surface area contributed by atoms with Crippen LogP contribution in [0.3, 0.4) is 0 Å². The Morgan fingerprint density at radius 3 is 2.61 bits per heavy atom. The number of carbonyl (C=O) groups is 1. The second kappa shape index (κ2) is 6.95. The lowest BCUT2D eigenvalue weighted by molar-refractivity contribution is -0.385. The van der Waals surface area contributed by atoms with Crippen molar-refractivity contribution < 1.29 is 9.72 Å². The zero-order valence-electron chi connectivity index (χ0n) is 14.9. The van der Waals surface area contributed by atoms with Crippen LogP contribution in [0.1, 0.15) is 16.1 Å². The fourth-order valence-corrected chi connectivity index (χ4v) is 3.03. The molecule has 2 aromatic carbocycles. The molecule has 28 heavy (non-hydrogen) atoms. The number of rotatable bonds is 5. The highest BCUT2D eigenvalue weighted by atomic mass is 16.6. The van der Waals surface area contributed by atoms with Crippen LogP contribution in [0.25, 0.3) is 11.0 Å². The van der Waals surface area contributed by atoms with Crippen molar-refractivity contribution in [2.24, 2.45) is 7.05 Å². The Kier molecular flexibility index (Phi) is 4.32. The second-order valence-electron chi connectivity index (χ2n) is 6.24. The Labute approximate surface area is 159 Å². The van der Waals surface area contributed by atoms with Gasteiger partial charge in [0.25, 0.3) is 5.91 Å². The van der Waals surface area contributed by atoms with Gasteiger partial charge in [-0.05, 0) is 17.7 Å². The first-order valence-corrected chi connectivity index (χ1v) is 8.51. The summed E-state index contributed by atoms with van der Waals surface area (Å²) in [5, 5.41) is 17.8. The summed E-state index contributed by atoms with van der Waals surface area (Å²) in [6.07, 6.45) is 1.20. The van der Waals surface area contributed by atoms with Crippen LogP contribution in [0.4, 0.5) is 11.6 Å². The molecule has 0 saturated heterocycles. The van der Waals surface area contributed by atoms with E-state index in [1.54, 1.807) is 0 Å². The second-order valence-corrected chi connectivity index (χ2v) is 6.24. The van der Waals surface area contributed by atoms with Crippen LogP contribution in [0.5, 0.6) is 0 Å². The van der Waals surface area contributed by atoms with Gasteiger partial charge in [0.15, 0.2) is 0 Å². The molecule has 1 amide bonds. The van der Waals surface area contributed by atoms with Crippen molar-refractivity contribution >= 4 is 28.6 Å². The van der Waals surface area contributed by atoms with Crippen molar-refractivity contribution in [2.45, 2.75) is 6.54 Å². The zero-order valence-corrected chi connectivity index (χ0v) is 14.9. The number of nitrogens with zero attached hydrogens (tertiary/aromatic N) is 5. The summed E-state index contributed by atoms with van der Waals surface area (Å²) in [7, 11) is 1.52. The third kappa shape index (κ3) is 3.20. The summed E-state index contributed by atoms with van der Waals surface area (Å²) >= 11 is 0. The molecule has 4 aromatic rings. The van der Waals surface area contributed by atoms with E-state index in [1.165, 1.54) is 17.9 Å². The molecule has 0 bridgehead atoms. The molecule has 0 radical (unpaired) electrons. The molecule has 0 saturated carbocycles. The maximum atomic E-state index is 12.7. The van der Waals surface area contributed by atoms with E-state index in [1.807, 2.05) is 59.2 Å². The average Bonchev–Trinajstić information content (AvgIpc) is 3.24. The number of benzene rings is 2. The molecule has 2 heterocycles. The smallest absolute Gasteiger partial charge is 0.305 e. The lowest BCUT2D eigenvalue weighted by Crippen LogP contribution is -2.18. The number of para-hydroxylation sites is 2. The standard InChI is InChI=1S/C19H16N6O3/c1-23-12-16(25(27)28)17(22-23)18(26)21-19-20-14-9-5-6-10-15(14)24(19)11-13-7-3-2-4-8-13/h2-10,12H,11H2,1H3,(H,20,21,26). The Hall–Kier alpha value is -4.01. The van der Waals surface area contributed by atoms with Gasteiger partial charge in [0, 0.05) is 7.05 Å². The van der Waals surface area contributed by atoms with E-state index >= 15 is 0 Å². The molecule has 0 aliphatic carbocycles. The third-order valence-electron chi connectivity index (χ3n) is 4.28. The lowest BCUT2D eigenvalue weighted by atomic mass is 10.2. The van der Waals surface area contributed by atoms with Gasteiger partial charge in [0.05, 0.1) is 22.5 Å². The van der Waals surface area contributed by atoms with Crippen LogP contribution < -0.4 is 5.32 Å². The van der Waals surface area contributed by atoms with E-state index in [9.17, 15) is 14.9 Å². The van der Waals surface area contributed by atoms with Crippen molar-refractivity contribution in [3.8, 4) is 0 Å². The van der Waals surface area contributed by atoms with Gasteiger partial charge in [-0.3, -0.25) is 24.9 Å². The molecule has 0 aliphatic heterocycles. The Morgan fingerprint density at radius 2 is 1.86 bits per heavy atom. The highest BCUT2D eigenvalue weighted by Crippen LogP contribution is 2.23. The minimum atomic E-state index is -0.683. The summed E-state index contributed by atoms with van der Waals surface area (Å²) in [6, 6.07) is 17.2. The highest BCUT2D eigenvalue weighted by molar-refractivity contribution is 6.05. The van der Waals surface area contributed by atoms with Crippen molar-refractivity contribution in [2.75, 3.05) is 5.32 Å². The number of carbonyl (C=O) groups excluding carboxylic acids is 1. The molecule has 0 unspecified atom stereocenters. The molecule has 4 rings (SSSR count). The molecule has 2 aromatic heterocycles. The average molecular weight is 376 g/mol. The number of nitrogens with one attached hydrogen (secondary N) is 1. The Bertz CT molecular complexity index is 1180. The quantitative estimate of drug-likeness (QED) is 0.425.